The predicted molar refractivity (Wildman–Crippen MR) is 128 cm³/mol. The molecule has 9 nitrogen and oxygen atoms in total. The van der Waals surface area contributed by atoms with Gasteiger partial charge in [-0.2, -0.15) is 0 Å². The van der Waals surface area contributed by atoms with Crippen LogP contribution in [0, 0.1) is 6.92 Å². The van der Waals surface area contributed by atoms with E-state index >= 15 is 0 Å². The molecule has 0 aliphatic rings. The molecule has 0 radical (unpaired) electrons. The Labute approximate surface area is 192 Å². The molecule has 0 saturated carbocycles. The van der Waals surface area contributed by atoms with E-state index in [0.717, 1.165) is 26.5 Å². The van der Waals surface area contributed by atoms with Crippen molar-refractivity contribution in [2.45, 2.75) is 12.1 Å². The van der Waals surface area contributed by atoms with Crippen molar-refractivity contribution < 1.29 is 4.79 Å². The normalized spacial score (nSPS) is 11.1. The van der Waals surface area contributed by atoms with Crippen molar-refractivity contribution in [3.05, 3.63) is 90.8 Å². The van der Waals surface area contributed by atoms with E-state index in [-0.39, 0.29) is 22.7 Å². The van der Waals surface area contributed by atoms with Crippen molar-refractivity contribution in [3.63, 3.8) is 0 Å². The third-order valence-corrected chi connectivity index (χ3v) is 6.36. The van der Waals surface area contributed by atoms with Gasteiger partial charge >= 0.3 is 5.69 Å². The van der Waals surface area contributed by atoms with Crippen LogP contribution in [0.2, 0.25) is 0 Å². The SMILES string of the molecule is Cc1ccccc1-n1c(SCC(=O)c2c(N)n(C)c(=O)n(C)c2=O)nc2ccccc2c1=O. The summed E-state index contributed by atoms with van der Waals surface area (Å²) < 4.78 is 3.36. The van der Waals surface area contributed by atoms with Crippen LogP contribution in [0.4, 0.5) is 5.82 Å². The molecular weight excluding hydrogens is 442 g/mol. The zero-order chi connectivity index (χ0) is 23.9. The zero-order valence-corrected chi connectivity index (χ0v) is 19.0. The largest absolute Gasteiger partial charge is 0.384 e. The standard InChI is InChI=1S/C23H21N5O4S/c1-13-8-4-7-11-16(13)28-20(30)14-9-5-6-10-15(14)25-22(28)33-12-17(29)18-19(24)26(2)23(32)27(3)21(18)31/h4-11H,12,24H2,1-3H3. The molecule has 33 heavy (non-hydrogen) atoms. The van der Waals surface area contributed by atoms with Crippen molar-refractivity contribution in [2.75, 3.05) is 11.5 Å². The van der Waals surface area contributed by atoms with Crippen LogP contribution in [-0.2, 0) is 14.1 Å². The highest BCUT2D eigenvalue weighted by molar-refractivity contribution is 7.99. The molecule has 0 saturated heterocycles. The van der Waals surface area contributed by atoms with Gasteiger partial charge in [0.1, 0.15) is 11.4 Å². The number of anilines is 1. The van der Waals surface area contributed by atoms with Gasteiger partial charge in [0, 0.05) is 14.1 Å². The lowest BCUT2D eigenvalue weighted by atomic mass is 10.2. The van der Waals surface area contributed by atoms with Crippen LogP contribution in [0.25, 0.3) is 16.6 Å². The first-order chi connectivity index (χ1) is 15.7. The summed E-state index contributed by atoms with van der Waals surface area (Å²) in [5.41, 5.74) is 6.01. The molecule has 2 heterocycles. The van der Waals surface area contributed by atoms with E-state index in [1.807, 2.05) is 25.1 Å². The quantitative estimate of drug-likeness (QED) is 0.271. The maximum Gasteiger partial charge on any atom is 0.332 e. The summed E-state index contributed by atoms with van der Waals surface area (Å²) in [6.07, 6.45) is 0. The molecule has 10 heteroatoms. The molecule has 2 N–H and O–H groups in total. The highest BCUT2D eigenvalue weighted by Crippen LogP contribution is 2.24. The summed E-state index contributed by atoms with van der Waals surface area (Å²) >= 11 is 1.03. The van der Waals surface area contributed by atoms with Crippen LogP contribution in [0.15, 0.2) is 68.1 Å². The van der Waals surface area contributed by atoms with E-state index in [2.05, 4.69) is 4.98 Å². The Kier molecular flexibility index (Phi) is 5.77. The number of hydrogen-bond donors (Lipinski definition) is 1. The van der Waals surface area contributed by atoms with E-state index in [0.29, 0.717) is 21.7 Å². The summed E-state index contributed by atoms with van der Waals surface area (Å²) in [5, 5.41) is 0.758. The summed E-state index contributed by atoms with van der Waals surface area (Å²) in [6, 6.07) is 14.3. The third-order valence-electron chi connectivity index (χ3n) is 5.42. The Morgan fingerprint density at radius 3 is 2.36 bits per heavy atom. The van der Waals surface area contributed by atoms with Gasteiger partial charge < -0.3 is 5.73 Å². The predicted octanol–water partition coefficient (Wildman–Crippen LogP) is 1.65. The first-order valence-corrected chi connectivity index (χ1v) is 11.0. The molecule has 2 aromatic heterocycles. The summed E-state index contributed by atoms with van der Waals surface area (Å²) in [7, 11) is 2.68. The van der Waals surface area contributed by atoms with Gasteiger partial charge in [-0.15, -0.1) is 0 Å². The smallest absolute Gasteiger partial charge is 0.332 e. The van der Waals surface area contributed by atoms with E-state index in [4.69, 9.17) is 5.73 Å². The molecule has 0 bridgehead atoms. The van der Waals surface area contributed by atoms with E-state index in [9.17, 15) is 19.2 Å². The van der Waals surface area contributed by atoms with Crippen LogP contribution in [0.5, 0.6) is 0 Å². The number of hydrogen-bond acceptors (Lipinski definition) is 7. The van der Waals surface area contributed by atoms with E-state index in [1.54, 1.807) is 30.3 Å². The highest BCUT2D eigenvalue weighted by atomic mass is 32.2. The lowest BCUT2D eigenvalue weighted by Crippen LogP contribution is -2.41. The second-order valence-electron chi connectivity index (χ2n) is 7.52. The second-order valence-corrected chi connectivity index (χ2v) is 8.46. The Balaban J connectivity index is 1.82. The van der Waals surface area contributed by atoms with Gasteiger partial charge in [-0.1, -0.05) is 42.1 Å². The number of Topliss-reactive ketones (excluding diaryl/α,β-unsaturated/α-hetero) is 1. The number of carbonyl (C=O) groups excluding carboxylic acids is 1. The van der Waals surface area contributed by atoms with E-state index in [1.165, 1.54) is 18.7 Å². The number of para-hydroxylation sites is 2. The Morgan fingerprint density at radius 1 is 0.970 bits per heavy atom. The first-order valence-electron chi connectivity index (χ1n) is 10.0. The number of aryl methyl sites for hydroxylation is 1. The Morgan fingerprint density at radius 2 is 1.64 bits per heavy atom. The van der Waals surface area contributed by atoms with Gasteiger partial charge in [-0.3, -0.25) is 28.1 Å². The van der Waals surface area contributed by atoms with Crippen molar-refractivity contribution in [3.8, 4) is 5.69 Å². The summed E-state index contributed by atoms with van der Waals surface area (Å²) in [4.78, 5) is 55.6. The van der Waals surface area contributed by atoms with Crippen LogP contribution in [0.1, 0.15) is 15.9 Å². The van der Waals surface area contributed by atoms with Crippen molar-refractivity contribution >= 4 is 34.3 Å². The Bertz CT molecular complexity index is 1600. The van der Waals surface area contributed by atoms with Crippen LogP contribution in [-0.4, -0.2) is 30.2 Å². The fourth-order valence-corrected chi connectivity index (χ4v) is 4.44. The number of carbonyl (C=O) groups is 1. The number of nitrogens with zero attached hydrogens (tertiary/aromatic N) is 4. The molecule has 0 spiro atoms. The highest BCUT2D eigenvalue weighted by Gasteiger charge is 2.22. The third kappa shape index (κ3) is 3.78. The van der Waals surface area contributed by atoms with Crippen LogP contribution >= 0.6 is 11.8 Å². The maximum absolute atomic E-state index is 13.4. The fourth-order valence-electron chi connectivity index (χ4n) is 3.56. The Hall–Kier alpha value is -3.92. The molecule has 2 aromatic carbocycles. The van der Waals surface area contributed by atoms with Gasteiger partial charge in [0.2, 0.25) is 0 Å². The van der Waals surface area contributed by atoms with Crippen LogP contribution < -0.4 is 22.5 Å². The monoisotopic (exact) mass is 463 g/mol. The van der Waals surface area contributed by atoms with Gasteiger partial charge in [0.05, 0.1) is 22.3 Å². The number of nitrogen functional groups attached to an aromatic ring is 1. The first kappa shape index (κ1) is 22.3. The molecule has 0 atom stereocenters. The molecule has 168 valence electrons. The number of ketones is 1. The molecular formula is C23H21N5O4S. The average molecular weight is 464 g/mol. The number of rotatable bonds is 5. The molecule has 0 amide bonds. The summed E-state index contributed by atoms with van der Waals surface area (Å²) in [5.74, 6) is -0.960. The minimum atomic E-state index is -0.760. The summed E-state index contributed by atoms with van der Waals surface area (Å²) in [6.45, 7) is 1.88. The second kappa shape index (κ2) is 8.55. The molecule has 0 unspecified atom stereocenters. The van der Waals surface area contributed by atoms with Gasteiger partial charge in [-0.05, 0) is 30.7 Å². The topological polar surface area (TPSA) is 122 Å². The van der Waals surface area contributed by atoms with E-state index < -0.39 is 17.0 Å². The molecule has 0 fully saturated rings. The molecule has 0 aliphatic carbocycles. The number of nitrogens with two attached hydrogens (primary N) is 1. The number of thioether (sulfide) groups is 1. The van der Waals surface area contributed by atoms with Crippen molar-refractivity contribution in [2.24, 2.45) is 14.1 Å². The zero-order valence-electron chi connectivity index (χ0n) is 18.2. The molecule has 4 rings (SSSR count). The minimum absolute atomic E-state index is 0.198. The lowest BCUT2D eigenvalue weighted by molar-refractivity contribution is 0.102. The minimum Gasteiger partial charge on any atom is -0.384 e. The van der Waals surface area contributed by atoms with Crippen molar-refractivity contribution in [1.82, 2.24) is 18.7 Å². The lowest BCUT2D eigenvalue weighted by Gasteiger charge is -2.15. The number of benzene rings is 2. The fraction of sp³-hybridized carbons (Fsp3) is 0.174. The molecule has 4 aromatic rings. The average Bonchev–Trinajstić information content (AvgIpc) is 2.81. The molecule has 0 aliphatic heterocycles. The van der Waals surface area contributed by atoms with Gasteiger partial charge in [0.25, 0.3) is 11.1 Å². The van der Waals surface area contributed by atoms with Gasteiger partial charge in [0.15, 0.2) is 10.9 Å². The number of aromatic nitrogens is 4. The van der Waals surface area contributed by atoms with Crippen LogP contribution in [0.3, 0.4) is 0 Å². The maximum atomic E-state index is 13.4. The van der Waals surface area contributed by atoms with Crippen molar-refractivity contribution in [1.29, 1.82) is 0 Å². The number of fused-ring (bicyclic) bond motifs is 1. The van der Waals surface area contributed by atoms with Gasteiger partial charge in [-0.25, -0.2) is 9.78 Å².